The van der Waals surface area contributed by atoms with Gasteiger partial charge in [-0.05, 0) is 46.1 Å². The molecule has 0 fully saturated rings. The van der Waals surface area contributed by atoms with Gasteiger partial charge in [0.15, 0.2) is 18.8 Å². The van der Waals surface area contributed by atoms with E-state index < -0.39 is 0 Å². The second-order valence-corrected chi connectivity index (χ2v) is 11.4. The molecular formula is C38H23BN2O. The van der Waals surface area contributed by atoms with Crippen LogP contribution < -0.4 is 21.0 Å². The van der Waals surface area contributed by atoms with Crippen LogP contribution in [0.2, 0.25) is 0 Å². The van der Waals surface area contributed by atoms with Crippen LogP contribution in [0.4, 0.5) is 11.4 Å². The normalized spacial score (nSPS) is 12.9. The van der Waals surface area contributed by atoms with Crippen molar-refractivity contribution < 1.29 is 4.74 Å². The minimum Gasteiger partial charge on any atom is -0.453 e. The zero-order valence-corrected chi connectivity index (χ0v) is 22.7. The van der Waals surface area contributed by atoms with Crippen molar-refractivity contribution in [3.63, 3.8) is 0 Å². The van der Waals surface area contributed by atoms with Crippen molar-refractivity contribution in [1.82, 2.24) is 4.57 Å². The van der Waals surface area contributed by atoms with Crippen molar-refractivity contribution in [3.8, 4) is 28.3 Å². The summed E-state index contributed by atoms with van der Waals surface area (Å²) in [6.07, 6.45) is 0. The molecule has 194 valence electrons. The summed E-state index contributed by atoms with van der Waals surface area (Å²) in [4.78, 5) is 0. The Morgan fingerprint density at radius 2 is 1.29 bits per heavy atom. The molecule has 0 bridgehead atoms. The Kier molecular flexibility index (Phi) is 4.26. The van der Waals surface area contributed by atoms with Crippen LogP contribution in [0.1, 0.15) is 0 Å². The predicted molar refractivity (Wildman–Crippen MR) is 177 cm³/mol. The number of ether oxygens (including phenoxy) is 1. The molecule has 3 nitrogen and oxygen atoms in total. The number of hydrogen-bond donors (Lipinski definition) is 1. The first-order valence-corrected chi connectivity index (χ1v) is 14.5. The van der Waals surface area contributed by atoms with Crippen molar-refractivity contribution >= 4 is 72.9 Å². The molecule has 2 aliphatic heterocycles. The van der Waals surface area contributed by atoms with E-state index in [-0.39, 0.29) is 0 Å². The van der Waals surface area contributed by atoms with Gasteiger partial charge in [-0.3, -0.25) is 0 Å². The fraction of sp³-hybridized carbons (Fsp3) is 0. The van der Waals surface area contributed by atoms with Crippen LogP contribution in [0.25, 0.3) is 60.2 Å². The Labute approximate surface area is 242 Å². The maximum absolute atomic E-state index is 6.40. The van der Waals surface area contributed by atoms with Gasteiger partial charge >= 0.3 is 0 Å². The smallest absolute Gasteiger partial charge is 0.198 e. The van der Waals surface area contributed by atoms with Gasteiger partial charge in [-0.25, -0.2) is 0 Å². The molecule has 1 N–H and O–H groups in total. The molecule has 0 spiro atoms. The Morgan fingerprint density at radius 3 is 2.24 bits per heavy atom. The molecule has 0 atom stereocenters. The third kappa shape index (κ3) is 2.86. The second-order valence-electron chi connectivity index (χ2n) is 11.4. The summed E-state index contributed by atoms with van der Waals surface area (Å²) >= 11 is 0. The van der Waals surface area contributed by atoms with Gasteiger partial charge in [-0.1, -0.05) is 109 Å². The van der Waals surface area contributed by atoms with Crippen LogP contribution in [-0.2, 0) is 0 Å². The summed E-state index contributed by atoms with van der Waals surface area (Å²) in [5.41, 5.74) is 11.0. The maximum atomic E-state index is 6.40. The van der Waals surface area contributed by atoms with Crippen molar-refractivity contribution in [3.05, 3.63) is 127 Å². The fourth-order valence-corrected chi connectivity index (χ4v) is 7.38. The SMILES string of the molecule is B1c2c(-c3cccc4c3Nc3ccccc3O4)cc3ccccc3c2-n2c3c1cccc3c1ccc3ccccc3c12. The zero-order valence-electron chi connectivity index (χ0n) is 22.7. The number of anilines is 2. The summed E-state index contributed by atoms with van der Waals surface area (Å²) in [7, 11) is 0.863. The summed E-state index contributed by atoms with van der Waals surface area (Å²) < 4.78 is 8.97. The molecule has 0 saturated heterocycles. The van der Waals surface area contributed by atoms with E-state index in [0.29, 0.717) is 0 Å². The lowest BCUT2D eigenvalue weighted by Gasteiger charge is -2.28. The standard InChI is InChI=1S/C38H23BN2O/c1-3-11-24-22(9-1)19-20-28-27-14-7-15-30-37(27)41(36(24)28)38-25-12-4-2-10-23(25)21-29(34(38)39-30)26-13-8-18-33-35(26)40-31-16-5-6-17-32(31)42-33/h1-21,39-40H. The minimum absolute atomic E-state index is 0.851. The average molecular weight is 534 g/mol. The average Bonchev–Trinajstić information content (AvgIpc) is 3.39. The summed E-state index contributed by atoms with van der Waals surface area (Å²) in [6, 6.07) is 45.9. The van der Waals surface area contributed by atoms with E-state index in [9.17, 15) is 0 Å². The van der Waals surface area contributed by atoms with Gasteiger partial charge in [-0.15, -0.1) is 0 Å². The van der Waals surface area contributed by atoms with Crippen molar-refractivity contribution in [2.45, 2.75) is 0 Å². The van der Waals surface area contributed by atoms with Crippen molar-refractivity contribution in [2.75, 3.05) is 5.32 Å². The number of benzene rings is 7. The molecule has 7 aromatic carbocycles. The first-order valence-electron chi connectivity index (χ1n) is 14.5. The van der Waals surface area contributed by atoms with Crippen LogP contribution >= 0.6 is 0 Å². The van der Waals surface area contributed by atoms with Crippen molar-refractivity contribution in [2.24, 2.45) is 0 Å². The first-order chi connectivity index (χ1) is 20.8. The van der Waals surface area contributed by atoms with Gasteiger partial charge in [0.25, 0.3) is 0 Å². The maximum Gasteiger partial charge on any atom is 0.198 e. The van der Waals surface area contributed by atoms with E-state index in [1.165, 1.54) is 65.5 Å². The van der Waals surface area contributed by atoms with Gasteiger partial charge in [0, 0.05) is 38.3 Å². The van der Waals surface area contributed by atoms with Crippen molar-refractivity contribution in [1.29, 1.82) is 0 Å². The van der Waals surface area contributed by atoms with E-state index in [0.717, 1.165) is 35.7 Å². The molecule has 0 amide bonds. The lowest BCUT2D eigenvalue weighted by atomic mass is 9.58. The van der Waals surface area contributed by atoms with Gasteiger partial charge in [0.05, 0.1) is 16.9 Å². The lowest BCUT2D eigenvalue weighted by molar-refractivity contribution is 0.481. The monoisotopic (exact) mass is 534 g/mol. The zero-order chi connectivity index (χ0) is 27.4. The molecule has 2 aliphatic rings. The molecule has 0 saturated carbocycles. The fourth-order valence-electron chi connectivity index (χ4n) is 7.38. The summed E-state index contributed by atoms with van der Waals surface area (Å²) in [5, 5.41) is 11.4. The van der Waals surface area contributed by atoms with E-state index in [1.54, 1.807) is 0 Å². The highest BCUT2D eigenvalue weighted by atomic mass is 16.5. The Hall–Kier alpha value is -5.48. The summed E-state index contributed by atoms with van der Waals surface area (Å²) in [6.45, 7) is 0. The molecule has 0 unspecified atom stereocenters. The molecule has 0 radical (unpaired) electrons. The van der Waals surface area contributed by atoms with E-state index in [4.69, 9.17) is 4.74 Å². The van der Waals surface area contributed by atoms with Crippen LogP contribution in [-0.4, -0.2) is 11.8 Å². The molecule has 10 rings (SSSR count). The largest absolute Gasteiger partial charge is 0.453 e. The van der Waals surface area contributed by atoms with Crippen LogP contribution in [0.15, 0.2) is 127 Å². The number of para-hydroxylation sites is 4. The molecular weight excluding hydrogens is 511 g/mol. The quantitative estimate of drug-likeness (QED) is 0.215. The second kappa shape index (κ2) is 8.05. The Morgan fingerprint density at radius 1 is 0.548 bits per heavy atom. The Bertz CT molecular complexity index is 2460. The number of nitrogens with zero attached hydrogens (tertiary/aromatic N) is 1. The van der Waals surface area contributed by atoms with Gasteiger partial charge in [0.2, 0.25) is 0 Å². The number of aromatic nitrogens is 1. The Balaban J connectivity index is 1.36. The molecule has 0 aliphatic carbocycles. The minimum atomic E-state index is 0.851. The lowest BCUT2D eigenvalue weighted by Crippen LogP contribution is -2.37. The third-order valence-corrected chi connectivity index (χ3v) is 9.16. The van der Waals surface area contributed by atoms with E-state index >= 15 is 0 Å². The predicted octanol–water partition coefficient (Wildman–Crippen LogP) is 8.31. The van der Waals surface area contributed by atoms with Crippen LogP contribution in [0, 0.1) is 0 Å². The molecule has 1 aromatic heterocycles. The van der Waals surface area contributed by atoms with Gasteiger partial charge < -0.3 is 14.6 Å². The van der Waals surface area contributed by atoms with Crippen LogP contribution in [0.5, 0.6) is 11.5 Å². The molecule has 42 heavy (non-hydrogen) atoms. The molecule has 8 aromatic rings. The van der Waals surface area contributed by atoms with Gasteiger partial charge in [0.1, 0.15) is 0 Å². The molecule has 4 heteroatoms. The summed E-state index contributed by atoms with van der Waals surface area (Å²) in [5.74, 6) is 1.70. The topological polar surface area (TPSA) is 26.2 Å². The number of hydrogen-bond acceptors (Lipinski definition) is 2. The highest BCUT2D eigenvalue weighted by Crippen LogP contribution is 2.47. The number of rotatable bonds is 1. The van der Waals surface area contributed by atoms with Gasteiger partial charge in [-0.2, -0.15) is 0 Å². The number of nitrogens with one attached hydrogen (secondary N) is 1. The molecule has 3 heterocycles. The van der Waals surface area contributed by atoms with E-state index in [2.05, 4.69) is 119 Å². The third-order valence-electron chi connectivity index (χ3n) is 9.16. The van der Waals surface area contributed by atoms with Crippen LogP contribution in [0.3, 0.4) is 0 Å². The first kappa shape index (κ1) is 22.2. The highest BCUT2D eigenvalue weighted by molar-refractivity contribution is 6.74. The highest BCUT2D eigenvalue weighted by Gasteiger charge is 2.29. The number of fused-ring (bicyclic) bond motifs is 11. The van der Waals surface area contributed by atoms with E-state index in [1.807, 2.05) is 18.2 Å².